The molecule has 0 atom stereocenters. The Balaban J connectivity index is 1.86. The van der Waals surface area contributed by atoms with Gasteiger partial charge in [0.1, 0.15) is 0 Å². The van der Waals surface area contributed by atoms with Crippen LogP contribution in [0, 0.1) is 0 Å². The van der Waals surface area contributed by atoms with Gasteiger partial charge in [-0.05, 0) is 36.4 Å². The van der Waals surface area contributed by atoms with E-state index in [4.69, 9.17) is 11.6 Å². The van der Waals surface area contributed by atoms with E-state index >= 15 is 0 Å². The number of halogens is 1. The first-order chi connectivity index (χ1) is 8.78. The van der Waals surface area contributed by atoms with E-state index in [1.807, 2.05) is 18.0 Å². The zero-order chi connectivity index (χ0) is 12.8. The van der Waals surface area contributed by atoms with Crippen LogP contribution in [0.2, 0.25) is 4.47 Å². The van der Waals surface area contributed by atoms with E-state index in [0.29, 0.717) is 4.47 Å². The molecule has 0 radical (unpaired) electrons. The van der Waals surface area contributed by atoms with E-state index in [9.17, 15) is 0 Å². The number of rotatable bonds is 6. The minimum Gasteiger partial charge on any atom is -0.380 e. The molecular weight excluding hydrogens is 284 g/mol. The summed E-state index contributed by atoms with van der Waals surface area (Å²) in [6.45, 7) is 2.97. The van der Waals surface area contributed by atoms with E-state index in [1.165, 1.54) is 28.4 Å². The second-order valence-electron chi connectivity index (χ2n) is 3.81. The fraction of sp³-hybridized carbons (Fsp3) is 0.308. The van der Waals surface area contributed by atoms with Crippen molar-refractivity contribution >= 4 is 40.4 Å². The van der Waals surface area contributed by atoms with Crippen molar-refractivity contribution in [3.8, 4) is 0 Å². The molecule has 2 aromatic rings. The summed E-state index contributed by atoms with van der Waals surface area (Å²) in [5.74, 6) is 1.17. The summed E-state index contributed by atoms with van der Waals surface area (Å²) in [5.41, 5.74) is 1.13. The van der Waals surface area contributed by atoms with Crippen molar-refractivity contribution in [3.05, 3.63) is 39.8 Å². The molecule has 18 heavy (non-hydrogen) atoms. The fourth-order valence-electron chi connectivity index (χ4n) is 1.44. The first-order valence-corrected chi connectivity index (χ1v) is 8.03. The summed E-state index contributed by atoms with van der Waals surface area (Å²) in [4.78, 5) is 6.48. The molecule has 0 aliphatic heterocycles. The molecule has 0 spiro atoms. The number of aromatic nitrogens is 1. The predicted molar refractivity (Wildman–Crippen MR) is 81.9 cm³/mol. The quantitative estimate of drug-likeness (QED) is 0.767. The number of thiazole rings is 1. The lowest BCUT2D eigenvalue weighted by molar-refractivity contribution is 1.10. The number of nitrogens with one attached hydrogen (secondary N) is 1. The Morgan fingerprint density at radius 2 is 2.11 bits per heavy atom. The number of hydrogen-bond acceptors (Lipinski definition) is 4. The number of benzene rings is 1. The average molecular weight is 299 g/mol. The van der Waals surface area contributed by atoms with Gasteiger partial charge >= 0.3 is 0 Å². The van der Waals surface area contributed by atoms with Gasteiger partial charge in [0.2, 0.25) is 0 Å². The van der Waals surface area contributed by atoms with Gasteiger partial charge in [-0.25, -0.2) is 4.98 Å². The van der Waals surface area contributed by atoms with Gasteiger partial charge in [0.05, 0.1) is 6.54 Å². The van der Waals surface area contributed by atoms with Gasteiger partial charge in [0, 0.05) is 21.7 Å². The summed E-state index contributed by atoms with van der Waals surface area (Å²) in [6, 6.07) is 8.53. The Morgan fingerprint density at radius 1 is 1.33 bits per heavy atom. The van der Waals surface area contributed by atoms with Crippen LogP contribution in [-0.2, 0) is 6.54 Å². The summed E-state index contributed by atoms with van der Waals surface area (Å²) in [7, 11) is 0. The Kier molecular flexibility index (Phi) is 5.35. The topological polar surface area (TPSA) is 24.9 Å². The number of anilines is 1. The maximum absolute atomic E-state index is 5.79. The summed E-state index contributed by atoms with van der Waals surface area (Å²) >= 11 is 9.19. The molecule has 0 aliphatic rings. The number of thioether (sulfide) groups is 1. The number of hydrogen-bond donors (Lipinski definition) is 1. The monoisotopic (exact) mass is 298 g/mol. The van der Waals surface area contributed by atoms with Gasteiger partial charge in [0.15, 0.2) is 4.47 Å². The van der Waals surface area contributed by atoms with Crippen LogP contribution in [0.25, 0.3) is 0 Å². The van der Waals surface area contributed by atoms with Crippen LogP contribution < -0.4 is 5.32 Å². The highest BCUT2D eigenvalue weighted by Gasteiger charge is 1.99. The summed E-state index contributed by atoms with van der Waals surface area (Å²) in [5, 5.41) is 3.36. The SMILES string of the molecule is CCCSc1ccc(NCc2cnc(Cl)s2)cc1. The lowest BCUT2D eigenvalue weighted by Crippen LogP contribution is -1.96. The Bertz CT molecular complexity index is 482. The van der Waals surface area contributed by atoms with Crippen LogP contribution in [0.15, 0.2) is 35.4 Å². The molecule has 1 aromatic carbocycles. The van der Waals surface area contributed by atoms with Gasteiger partial charge in [-0.3, -0.25) is 0 Å². The van der Waals surface area contributed by atoms with E-state index in [0.717, 1.165) is 17.1 Å². The van der Waals surface area contributed by atoms with Gasteiger partial charge in [-0.2, -0.15) is 0 Å². The molecule has 96 valence electrons. The second-order valence-corrected chi connectivity index (χ2v) is 6.67. The van der Waals surface area contributed by atoms with E-state index in [-0.39, 0.29) is 0 Å². The first kappa shape index (κ1) is 13.7. The first-order valence-electron chi connectivity index (χ1n) is 5.85. The van der Waals surface area contributed by atoms with Crippen LogP contribution in [0.5, 0.6) is 0 Å². The highest BCUT2D eigenvalue weighted by Crippen LogP contribution is 2.22. The van der Waals surface area contributed by atoms with Crippen molar-refractivity contribution in [2.45, 2.75) is 24.8 Å². The molecule has 0 unspecified atom stereocenters. The van der Waals surface area contributed by atoms with Crippen molar-refractivity contribution in [1.29, 1.82) is 0 Å². The molecule has 0 amide bonds. The zero-order valence-corrected chi connectivity index (χ0v) is 12.5. The Labute approximate surface area is 121 Å². The van der Waals surface area contributed by atoms with E-state index in [1.54, 1.807) is 0 Å². The molecule has 0 aliphatic carbocycles. The van der Waals surface area contributed by atoms with Crippen LogP contribution in [-0.4, -0.2) is 10.7 Å². The Morgan fingerprint density at radius 3 is 2.72 bits per heavy atom. The van der Waals surface area contributed by atoms with Crippen molar-refractivity contribution in [2.24, 2.45) is 0 Å². The van der Waals surface area contributed by atoms with Gasteiger partial charge < -0.3 is 5.32 Å². The van der Waals surface area contributed by atoms with Crippen molar-refractivity contribution < 1.29 is 0 Å². The van der Waals surface area contributed by atoms with Crippen LogP contribution in [0.1, 0.15) is 18.2 Å². The lowest BCUT2D eigenvalue weighted by atomic mass is 10.3. The minimum absolute atomic E-state index is 0.595. The molecule has 0 bridgehead atoms. The summed E-state index contributed by atoms with van der Waals surface area (Å²) < 4.78 is 0.595. The third-order valence-electron chi connectivity index (χ3n) is 2.32. The smallest absolute Gasteiger partial charge is 0.183 e. The Hall–Kier alpha value is -0.710. The summed E-state index contributed by atoms with van der Waals surface area (Å²) in [6.07, 6.45) is 3.02. The highest BCUT2D eigenvalue weighted by molar-refractivity contribution is 7.99. The molecule has 0 saturated carbocycles. The van der Waals surface area contributed by atoms with Crippen LogP contribution in [0.4, 0.5) is 5.69 Å². The number of nitrogens with zero attached hydrogens (tertiary/aromatic N) is 1. The van der Waals surface area contributed by atoms with Crippen LogP contribution >= 0.6 is 34.7 Å². The normalized spacial score (nSPS) is 10.6. The largest absolute Gasteiger partial charge is 0.380 e. The maximum Gasteiger partial charge on any atom is 0.183 e. The standard InChI is InChI=1S/C13H15ClN2S2/c1-2-7-17-11-5-3-10(4-6-11)15-8-12-9-16-13(14)18-12/h3-6,9,15H,2,7-8H2,1H3. The van der Waals surface area contributed by atoms with Crippen LogP contribution in [0.3, 0.4) is 0 Å². The molecule has 1 heterocycles. The van der Waals surface area contributed by atoms with Gasteiger partial charge in [0.25, 0.3) is 0 Å². The second kappa shape index (κ2) is 7.02. The third-order valence-corrected chi connectivity index (χ3v) is 4.65. The van der Waals surface area contributed by atoms with Crippen molar-refractivity contribution in [2.75, 3.05) is 11.1 Å². The minimum atomic E-state index is 0.595. The average Bonchev–Trinajstić information content (AvgIpc) is 2.81. The molecule has 1 aromatic heterocycles. The van der Waals surface area contributed by atoms with Crippen molar-refractivity contribution in [1.82, 2.24) is 4.98 Å². The molecular formula is C13H15ClN2S2. The maximum atomic E-state index is 5.79. The molecule has 0 saturated heterocycles. The zero-order valence-electron chi connectivity index (χ0n) is 10.1. The third kappa shape index (κ3) is 4.19. The molecule has 2 nitrogen and oxygen atoms in total. The fourth-order valence-corrected chi connectivity index (χ4v) is 3.13. The van der Waals surface area contributed by atoms with E-state index in [2.05, 4.69) is 41.5 Å². The molecule has 5 heteroatoms. The lowest BCUT2D eigenvalue weighted by Gasteiger charge is -2.05. The van der Waals surface area contributed by atoms with E-state index < -0.39 is 0 Å². The van der Waals surface area contributed by atoms with Gasteiger partial charge in [-0.1, -0.05) is 18.5 Å². The van der Waals surface area contributed by atoms with Gasteiger partial charge in [-0.15, -0.1) is 23.1 Å². The van der Waals surface area contributed by atoms with Crippen molar-refractivity contribution in [3.63, 3.8) is 0 Å². The highest BCUT2D eigenvalue weighted by atomic mass is 35.5. The molecule has 2 rings (SSSR count). The predicted octanol–water partition coefficient (Wildman–Crippen LogP) is 4.91. The molecule has 1 N–H and O–H groups in total. The molecule has 0 fully saturated rings.